The molecule has 2 heterocycles. The molecule has 1 unspecified atom stereocenters. The van der Waals surface area contributed by atoms with Crippen LogP contribution in [-0.4, -0.2) is 5.91 Å². The van der Waals surface area contributed by atoms with Crippen molar-refractivity contribution in [2.45, 2.75) is 19.9 Å². The Morgan fingerprint density at radius 1 is 1.12 bits per heavy atom. The zero-order valence-electron chi connectivity index (χ0n) is 13.1. The lowest BCUT2D eigenvalue weighted by atomic mass is 9.98. The molecular formula is C19H14BrNO3. The van der Waals surface area contributed by atoms with E-state index in [-0.39, 0.29) is 17.1 Å². The highest BCUT2D eigenvalue weighted by Crippen LogP contribution is 2.33. The van der Waals surface area contributed by atoms with Gasteiger partial charge in [0.1, 0.15) is 5.58 Å². The Hall–Kier alpha value is -2.40. The maximum absolute atomic E-state index is 13.0. The second-order valence-electron chi connectivity index (χ2n) is 6.02. The van der Waals surface area contributed by atoms with Crippen LogP contribution in [0.25, 0.3) is 11.0 Å². The zero-order chi connectivity index (χ0) is 17.0. The Bertz CT molecular complexity index is 1070. The summed E-state index contributed by atoms with van der Waals surface area (Å²) >= 11 is 3.43. The molecule has 1 aliphatic heterocycles. The zero-order valence-corrected chi connectivity index (χ0v) is 14.7. The molecule has 0 bridgehead atoms. The van der Waals surface area contributed by atoms with E-state index < -0.39 is 6.04 Å². The van der Waals surface area contributed by atoms with E-state index in [0.717, 1.165) is 21.2 Å². The lowest BCUT2D eigenvalue weighted by molar-refractivity contribution is 0.0938. The van der Waals surface area contributed by atoms with Crippen LogP contribution in [0.15, 0.2) is 50.1 Å². The van der Waals surface area contributed by atoms with E-state index in [0.29, 0.717) is 16.5 Å². The quantitative estimate of drug-likeness (QED) is 0.690. The van der Waals surface area contributed by atoms with Gasteiger partial charge in [-0.2, -0.15) is 0 Å². The maximum Gasteiger partial charge on any atom is 0.288 e. The first kappa shape index (κ1) is 15.1. The minimum absolute atomic E-state index is 0.117. The van der Waals surface area contributed by atoms with Crippen molar-refractivity contribution in [3.63, 3.8) is 0 Å². The van der Waals surface area contributed by atoms with Crippen LogP contribution in [0.1, 0.15) is 38.9 Å². The molecule has 24 heavy (non-hydrogen) atoms. The number of hydrogen-bond acceptors (Lipinski definition) is 3. The molecule has 1 amide bonds. The van der Waals surface area contributed by atoms with Crippen LogP contribution in [0.3, 0.4) is 0 Å². The van der Waals surface area contributed by atoms with E-state index in [1.165, 1.54) is 0 Å². The molecular weight excluding hydrogens is 370 g/mol. The van der Waals surface area contributed by atoms with Crippen molar-refractivity contribution in [1.82, 2.24) is 5.32 Å². The van der Waals surface area contributed by atoms with Gasteiger partial charge in [-0.15, -0.1) is 0 Å². The minimum atomic E-state index is -0.493. The second kappa shape index (κ2) is 5.31. The highest BCUT2D eigenvalue weighted by atomic mass is 79.9. The third-order valence-corrected chi connectivity index (χ3v) is 5.06. The van der Waals surface area contributed by atoms with Crippen LogP contribution in [0.5, 0.6) is 0 Å². The summed E-state index contributed by atoms with van der Waals surface area (Å²) in [5, 5.41) is 3.37. The molecule has 4 nitrogen and oxygen atoms in total. The monoisotopic (exact) mass is 383 g/mol. The lowest BCUT2D eigenvalue weighted by Gasteiger charge is -2.12. The fraction of sp³-hybridized carbons (Fsp3) is 0.158. The molecule has 0 radical (unpaired) electrons. The van der Waals surface area contributed by atoms with Gasteiger partial charge in [-0.3, -0.25) is 9.59 Å². The SMILES string of the molecule is Cc1ccc2c(=O)c3c(oc2c1C)C(=O)NC3c1cccc(Br)c1. The predicted molar refractivity (Wildman–Crippen MR) is 95.4 cm³/mol. The Labute approximate surface area is 146 Å². The van der Waals surface area contributed by atoms with Gasteiger partial charge in [-0.05, 0) is 48.7 Å². The van der Waals surface area contributed by atoms with Crippen molar-refractivity contribution >= 4 is 32.8 Å². The summed E-state index contributed by atoms with van der Waals surface area (Å²) < 4.78 is 6.76. The third-order valence-electron chi connectivity index (χ3n) is 4.57. The van der Waals surface area contributed by atoms with Crippen LogP contribution in [0.4, 0.5) is 0 Å². The van der Waals surface area contributed by atoms with Gasteiger partial charge >= 0.3 is 0 Å². The van der Waals surface area contributed by atoms with E-state index in [1.54, 1.807) is 6.07 Å². The van der Waals surface area contributed by atoms with Crippen molar-refractivity contribution < 1.29 is 9.21 Å². The molecule has 0 saturated carbocycles. The maximum atomic E-state index is 13.0. The summed E-state index contributed by atoms with van der Waals surface area (Å²) in [5.41, 5.74) is 3.46. The van der Waals surface area contributed by atoms with Gasteiger partial charge in [-0.1, -0.05) is 34.1 Å². The average molecular weight is 384 g/mol. The largest absolute Gasteiger partial charge is 0.450 e. The number of nitrogens with one attached hydrogen (secondary N) is 1. The number of amides is 1. The Balaban J connectivity index is 2.03. The number of carbonyl (C=O) groups is 1. The van der Waals surface area contributed by atoms with Gasteiger partial charge in [0.15, 0.2) is 5.43 Å². The standard InChI is InChI=1S/C19H14BrNO3/c1-9-6-7-13-16(22)14-15(11-4-3-5-12(20)8-11)21-19(23)18(14)24-17(13)10(9)2/h3-8,15H,1-2H3,(H,21,23). The molecule has 0 fully saturated rings. The summed E-state index contributed by atoms with van der Waals surface area (Å²) in [6.07, 6.45) is 0. The minimum Gasteiger partial charge on any atom is -0.450 e. The topological polar surface area (TPSA) is 59.3 Å². The van der Waals surface area contributed by atoms with Gasteiger partial charge in [0, 0.05) is 4.47 Å². The molecule has 1 atom stereocenters. The van der Waals surface area contributed by atoms with Crippen molar-refractivity contribution in [3.05, 3.63) is 79.1 Å². The van der Waals surface area contributed by atoms with Gasteiger partial charge in [0.25, 0.3) is 5.91 Å². The van der Waals surface area contributed by atoms with Gasteiger partial charge in [0.2, 0.25) is 5.76 Å². The molecule has 1 aliphatic rings. The number of benzene rings is 2. The van der Waals surface area contributed by atoms with Crippen molar-refractivity contribution in [2.24, 2.45) is 0 Å². The molecule has 0 spiro atoms. The molecule has 120 valence electrons. The Morgan fingerprint density at radius 2 is 1.92 bits per heavy atom. The van der Waals surface area contributed by atoms with Crippen LogP contribution in [-0.2, 0) is 0 Å². The number of fused-ring (bicyclic) bond motifs is 2. The molecule has 0 aliphatic carbocycles. The summed E-state index contributed by atoms with van der Waals surface area (Å²) in [4.78, 5) is 25.4. The molecule has 1 N–H and O–H groups in total. The number of halogens is 1. The fourth-order valence-electron chi connectivity index (χ4n) is 3.14. The predicted octanol–water partition coefficient (Wildman–Crippen LogP) is 4.01. The van der Waals surface area contributed by atoms with Gasteiger partial charge in [0.05, 0.1) is 17.0 Å². The summed E-state index contributed by atoms with van der Waals surface area (Å²) in [6.45, 7) is 3.85. The van der Waals surface area contributed by atoms with E-state index in [4.69, 9.17) is 4.42 Å². The van der Waals surface area contributed by atoms with E-state index in [1.807, 2.05) is 44.2 Å². The first-order valence-corrected chi connectivity index (χ1v) is 8.40. The third kappa shape index (κ3) is 2.12. The van der Waals surface area contributed by atoms with E-state index >= 15 is 0 Å². The highest BCUT2D eigenvalue weighted by molar-refractivity contribution is 9.10. The first-order valence-electron chi connectivity index (χ1n) is 7.60. The summed E-state index contributed by atoms with van der Waals surface area (Å²) in [6, 6.07) is 10.7. The second-order valence-corrected chi connectivity index (χ2v) is 6.94. The number of carbonyl (C=O) groups excluding carboxylic acids is 1. The van der Waals surface area contributed by atoms with Crippen LogP contribution >= 0.6 is 15.9 Å². The smallest absolute Gasteiger partial charge is 0.288 e. The van der Waals surface area contributed by atoms with Crippen molar-refractivity contribution in [3.8, 4) is 0 Å². The lowest BCUT2D eigenvalue weighted by Crippen LogP contribution is -2.21. The number of rotatable bonds is 1. The van der Waals surface area contributed by atoms with Crippen molar-refractivity contribution in [1.29, 1.82) is 0 Å². The molecule has 0 saturated heterocycles. The van der Waals surface area contributed by atoms with Crippen LogP contribution in [0.2, 0.25) is 0 Å². The van der Waals surface area contributed by atoms with E-state index in [9.17, 15) is 9.59 Å². The molecule has 2 aromatic carbocycles. The van der Waals surface area contributed by atoms with Crippen molar-refractivity contribution in [2.75, 3.05) is 0 Å². The number of aryl methyl sites for hydroxylation is 2. The summed E-state index contributed by atoms with van der Waals surface area (Å²) in [7, 11) is 0. The van der Waals surface area contributed by atoms with Gasteiger partial charge < -0.3 is 9.73 Å². The summed E-state index contributed by atoms with van der Waals surface area (Å²) in [5.74, 6) is -0.235. The highest BCUT2D eigenvalue weighted by Gasteiger charge is 2.36. The molecule has 4 rings (SSSR count). The Kier molecular flexibility index (Phi) is 3.35. The van der Waals surface area contributed by atoms with E-state index in [2.05, 4.69) is 21.2 Å². The van der Waals surface area contributed by atoms with Crippen LogP contribution in [0, 0.1) is 13.8 Å². The first-order chi connectivity index (χ1) is 11.5. The fourth-order valence-corrected chi connectivity index (χ4v) is 3.56. The Morgan fingerprint density at radius 3 is 2.67 bits per heavy atom. The van der Waals surface area contributed by atoms with Crippen LogP contribution < -0.4 is 10.7 Å². The molecule has 5 heteroatoms. The van der Waals surface area contributed by atoms with Gasteiger partial charge in [-0.25, -0.2) is 0 Å². The molecule has 1 aromatic heterocycles. The normalized spacial score (nSPS) is 16.3. The average Bonchev–Trinajstić information content (AvgIpc) is 2.89. The number of hydrogen-bond donors (Lipinski definition) is 1. The molecule has 3 aromatic rings.